The van der Waals surface area contributed by atoms with Gasteiger partial charge in [-0.25, -0.2) is 0 Å². The van der Waals surface area contributed by atoms with Gasteiger partial charge in [-0.15, -0.1) is 24.0 Å². The Morgan fingerprint density at radius 1 is 1.24 bits per heavy atom. The quantitative estimate of drug-likeness (QED) is 0.277. The van der Waals surface area contributed by atoms with E-state index in [0.29, 0.717) is 12.6 Å². The van der Waals surface area contributed by atoms with Crippen molar-refractivity contribution in [2.45, 2.75) is 44.7 Å². The van der Waals surface area contributed by atoms with Gasteiger partial charge in [-0.1, -0.05) is 30.7 Å². The molecule has 25 heavy (non-hydrogen) atoms. The highest BCUT2D eigenvalue weighted by Gasteiger charge is 2.25. The first kappa shape index (κ1) is 19.8. The van der Waals surface area contributed by atoms with Crippen LogP contribution in [-0.4, -0.2) is 25.0 Å². The van der Waals surface area contributed by atoms with Gasteiger partial charge in [0.2, 0.25) is 5.91 Å². The molecule has 136 valence electrons. The van der Waals surface area contributed by atoms with Crippen molar-refractivity contribution in [3.05, 3.63) is 42.0 Å². The predicted molar refractivity (Wildman–Crippen MR) is 113 cm³/mol. The number of nitrogens with zero attached hydrogens (tertiary/aromatic N) is 1. The predicted octanol–water partition coefficient (Wildman–Crippen LogP) is 3.43. The summed E-state index contributed by atoms with van der Waals surface area (Å²) < 4.78 is 0. The van der Waals surface area contributed by atoms with E-state index in [-0.39, 0.29) is 35.8 Å². The summed E-state index contributed by atoms with van der Waals surface area (Å²) in [7, 11) is 1.78. The second-order valence-corrected chi connectivity index (χ2v) is 6.53. The van der Waals surface area contributed by atoms with Gasteiger partial charge in [-0.05, 0) is 43.4 Å². The average Bonchev–Trinajstić information content (AvgIpc) is 3.03. The van der Waals surface area contributed by atoms with Crippen molar-refractivity contribution in [2.24, 2.45) is 10.9 Å². The van der Waals surface area contributed by atoms with E-state index in [9.17, 15) is 4.79 Å². The van der Waals surface area contributed by atoms with Gasteiger partial charge in [-0.2, -0.15) is 0 Å². The number of halogens is 1. The molecule has 6 heteroatoms. The number of benzene rings is 1. The lowest BCUT2D eigenvalue weighted by molar-refractivity contribution is -0.122. The Kier molecular flexibility index (Phi) is 7.74. The molecule has 0 saturated heterocycles. The summed E-state index contributed by atoms with van der Waals surface area (Å²) in [6.07, 6.45) is 9.69. The minimum Gasteiger partial charge on any atom is -0.353 e. The number of carbonyl (C=O) groups excluding carboxylic acids is 1. The Labute approximate surface area is 166 Å². The first-order valence-electron chi connectivity index (χ1n) is 8.76. The van der Waals surface area contributed by atoms with Crippen LogP contribution < -0.4 is 16.0 Å². The minimum atomic E-state index is 0. The van der Waals surface area contributed by atoms with Crippen LogP contribution in [-0.2, 0) is 11.3 Å². The lowest BCUT2D eigenvalue weighted by atomic mass is 9.85. The third-order valence-corrected chi connectivity index (χ3v) is 4.70. The second-order valence-electron chi connectivity index (χ2n) is 6.53. The first-order valence-corrected chi connectivity index (χ1v) is 8.76. The number of aliphatic imine (C=N–C) groups is 1. The van der Waals surface area contributed by atoms with Crippen LogP contribution in [0.5, 0.6) is 0 Å². The Morgan fingerprint density at radius 3 is 2.64 bits per heavy atom. The van der Waals surface area contributed by atoms with Crippen molar-refractivity contribution in [3.8, 4) is 0 Å². The van der Waals surface area contributed by atoms with Crippen molar-refractivity contribution in [2.75, 3.05) is 12.4 Å². The number of carbonyl (C=O) groups is 1. The van der Waals surface area contributed by atoms with Crippen LogP contribution in [0.2, 0.25) is 0 Å². The Balaban J connectivity index is 0.00000225. The lowest BCUT2D eigenvalue weighted by Gasteiger charge is -2.24. The largest absolute Gasteiger partial charge is 0.353 e. The third-order valence-electron chi connectivity index (χ3n) is 4.70. The summed E-state index contributed by atoms with van der Waals surface area (Å²) >= 11 is 0. The van der Waals surface area contributed by atoms with Gasteiger partial charge in [-0.3, -0.25) is 9.79 Å². The van der Waals surface area contributed by atoms with Gasteiger partial charge >= 0.3 is 0 Å². The molecule has 0 heterocycles. The van der Waals surface area contributed by atoms with Crippen molar-refractivity contribution in [1.82, 2.24) is 10.6 Å². The molecule has 0 unspecified atom stereocenters. The van der Waals surface area contributed by atoms with Gasteiger partial charge in [0.1, 0.15) is 0 Å². The molecule has 0 aromatic heterocycles. The second kappa shape index (κ2) is 9.79. The van der Waals surface area contributed by atoms with Crippen LogP contribution in [0, 0.1) is 5.92 Å². The normalized spacial score (nSPS) is 17.6. The van der Waals surface area contributed by atoms with Crippen LogP contribution in [0.25, 0.3) is 0 Å². The summed E-state index contributed by atoms with van der Waals surface area (Å²) in [5, 5.41) is 9.78. The number of anilines is 1. The molecule has 3 N–H and O–H groups in total. The van der Waals surface area contributed by atoms with E-state index in [4.69, 9.17) is 0 Å². The molecule has 5 nitrogen and oxygen atoms in total. The van der Waals surface area contributed by atoms with E-state index in [2.05, 4.69) is 39.2 Å². The number of guanidine groups is 1. The molecule has 3 rings (SSSR count). The van der Waals surface area contributed by atoms with E-state index >= 15 is 0 Å². The van der Waals surface area contributed by atoms with E-state index in [0.717, 1.165) is 42.9 Å². The summed E-state index contributed by atoms with van der Waals surface area (Å²) in [5.41, 5.74) is 1.99. The fourth-order valence-corrected chi connectivity index (χ4v) is 2.98. The number of rotatable bonds is 5. The van der Waals surface area contributed by atoms with Crippen LogP contribution >= 0.6 is 24.0 Å². The fraction of sp³-hybridized carbons (Fsp3) is 0.474. The van der Waals surface area contributed by atoms with E-state index < -0.39 is 0 Å². The standard InChI is InChI=1S/C19H26N4O.HI/c1-20-19(23-16-9-2-3-10-16)21-13-14-6-4-11-17(12-14)22-18(24)15-7-5-8-15;/h2-4,6,11-12,15-16H,5,7-10,13H2,1H3,(H,22,24)(H2,20,21,23);1H. The van der Waals surface area contributed by atoms with Gasteiger partial charge in [0.15, 0.2) is 5.96 Å². The van der Waals surface area contributed by atoms with Crippen LogP contribution in [0.3, 0.4) is 0 Å². The molecule has 0 atom stereocenters. The monoisotopic (exact) mass is 454 g/mol. The molecule has 0 bridgehead atoms. The molecular weight excluding hydrogens is 427 g/mol. The highest BCUT2D eigenvalue weighted by Crippen LogP contribution is 2.27. The zero-order valence-electron chi connectivity index (χ0n) is 14.6. The van der Waals surface area contributed by atoms with Crippen molar-refractivity contribution in [3.63, 3.8) is 0 Å². The Morgan fingerprint density at radius 2 is 2.00 bits per heavy atom. The van der Waals surface area contributed by atoms with Crippen LogP contribution in [0.15, 0.2) is 41.4 Å². The van der Waals surface area contributed by atoms with Crippen molar-refractivity contribution < 1.29 is 4.79 Å². The molecule has 0 radical (unpaired) electrons. The average molecular weight is 454 g/mol. The molecule has 0 aliphatic heterocycles. The summed E-state index contributed by atoms with van der Waals surface area (Å²) in [6.45, 7) is 0.674. The molecular formula is C19H27IN4O. The van der Waals surface area contributed by atoms with E-state index in [1.807, 2.05) is 18.2 Å². The first-order chi connectivity index (χ1) is 11.7. The molecule has 1 amide bonds. The maximum atomic E-state index is 12.0. The minimum absolute atomic E-state index is 0. The zero-order valence-corrected chi connectivity index (χ0v) is 17.0. The zero-order chi connectivity index (χ0) is 16.8. The molecule has 1 aromatic rings. The number of hydrogen-bond donors (Lipinski definition) is 3. The molecule has 2 aliphatic rings. The maximum absolute atomic E-state index is 12.0. The highest BCUT2D eigenvalue weighted by molar-refractivity contribution is 14.0. The third kappa shape index (κ3) is 5.73. The Hall–Kier alpha value is -1.57. The smallest absolute Gasteiger partial charge is 0.227 e. The summed E-state index contributed by atoms with van der Waals surface area (Å²) in [5.74, 6) is 1.17. The van der Waals surface area contributed by atoms with E-state index in [1.165, 1.54) is 6.42 Å². The van der Waals surface area contributed by atoms with Gasteiger partial charge in [0, 0.05) is 31.2 Å². The van der Waals surface area contributed by atoms with Crippen LogP contribution in [0.4, 0.5) is 5.69 Å². The molecule has 2 aliphatic carbocycles. The number of hydrogen-bond acceptors (Lipinski definition) is 2. The highest BCUT2D eigenvalue weighted by atomic mass is 127. The molecule has 1 aromatic carbocycles. The molecule has 1 fully saturated rings. The van der Waals surface area contributed by atoms with Crippen molar-refractivity contribution >= 4 is 41.5 Å². The maximum Gasteiger partial charge on any atom is 0.227 e. The molecule has 1 saturated carbocycles. The fourth-order valence-electron chi connectivity index (χ4n) is 2.98. The molecule has 0 spiro atoms. The summed E-state index contributed by atoms with van der Waals surface area (Å²) in [6, 6.07) is 8.43. The van der Waals surface area contributed by atoms with Gasteiger partial charge < -0.3 is 16.0 Å². The lowest BCUT2D eigenvalue weighted by Crippen LogP contribution is -2.42. The van der Waals surface area contributed by atoms with Gasteiger partial charge in [0.05, 0.1) is 0 Å². The van der Waals surface area contributed by atoms with Crippen LogP contribution in [0.1, 0.15) is 37.7 Å². The van der Waals surface area contributed by atoms with Crippen molar-refractivity contribution in [1.29, 1.82) is 0 Å². The summed E-state index contributed by atoms with van der Waals surface area (Å²) in [4.78, 5) is 16.3. The Bertz CT molecular complexity index is 632. The van der Waals surface area contributed by atoms with Gasteiger partial charge in [0.25, 0.3) is 0 Å². The van der Waals surface area contributed by atoms with E-state index in [1.54, 1.807) is 7.05 Å². The SMILES string of the molecule is CN=C(NCc1cccc(NC(=O)C2CCC2)c1)NC1CC=CC1.I. The topological polar surface area (TPSA) is 65.5 Å². The number of amides is 1. The number of nitrogens with one attached hydrogen (secondary N) is 3.